The minimum atomic E-state index is -0.167. The largest absolute Gasteiger partial charge is 0.496 e. The third kappa shape index (κ3) is 4.16. The minimum absolute atomic E-state index is 0.130. The summed E-state index contributed by atoms with van der Waals surface area (Å²) in [5.74, 6) is 1.13. The van der Waals surface area contributed by atoms with Gasteiger partial charge in [0.2, 0.25) is 11.8 Å². The molecule has 0 bridgehead atoms. The molecular formula is C18H20ClN3O4. The Hall–Kier alpha value is -2.54. The van der Waals surface area contributed by atoms with Gasteiger partial charge in [0.15, 0.2) is 0 Å². The molecule has 1 fully saturated rings. The summed E-state index contributed by atoms with van der Waals surface area (Å²) in [7, 11) is 3.05. The van der Waals surface area contributed by atoms with E-state index in [0.717, 1.165) is 12.8 Å². The van der Waals surface area contributed by atoms with Crippen molar-refractivity contribution in [3.63, 3.8) is 0 Å². The number of amides is 1. The number of methoxy groups -OCH3 is 2. The molecule has 3 rings (SSSR count). The first-order valence-electron chi connectivity index (χ1n) is 8.26. The van der Waals surface area contributed by atoms with Gasteiger partial charge in [-0.2, -0.15) is 4.98 Å². The van der Waals surface area contributed by atoms with Crippen LogP contribution in [0.2, 0.25) is 5.02 Å². The Balaban J connectivity index is 1.72. The van der Waals surface area contributed by atoms with Gasteiger partial charge < -0.3 is 19.1 Å². The Morgan fingerprint density at radius 2 is 2.04 bits per heavy atom. The van der Waals surface area contributed by atoms with Crippen molar-refractivity contribution >= 4 is 17.5 Å². The summed E-state index contributed by atoms with van der Waals surface area (Å²) in [5.41, 5.74) is 0.446. The van der Waals surface area contributed by atoms with Crippen molar-refractivity contribution < 1.29 is 19.0 Å². The van der Waals surface area contributed by atoms with E-state index in [1.165, 1.54) is 26.6 Å². The summed E-state index contributed by atoms with van der Waals surface area (Å²) in [4.78, 5) is 22.9. The fourth-order valence-corrected chi connectivity index (χ4v) is 3.07. The van der Waals surface area contributed by atoms with E-state index in [1.54, 1.807) is 23.1 Å². The van der Waals surface area contributed by atoms with Crippen molar-refractivity contribution in [2.45, 2.75) is 18.9 Å². The number of rotatable bonds is 5. The Bertz CT molecular complexity index is 787. The molecule has 138 valence electrons. The summed E-state index contributed by atoms with van der Waals surface area (Å²) in [6.07, 6.45) is 4.53. The first-order chi connectivity index (χ1) is 12.6. The highest BCUT2D eigenvalue weighted by Crippen LogP contribution is 2.26. The highest BCUT2D eigenvalue weighted by molar-refractivity contribution is 6.31. The number of piperidine rings is 1. The van der Waals surface area contributed by atoms with Crippen LogP contribution in [0.15, 0.2) is 30.6 Å². The molecule has 26 heavy (non-hydrogen) atoms. The van der Waals surface area contributed by atoms with Crippen LogP contribution in [-0.2, 0) is 0 Å². The number of nitrogens with zero attached hydrogens (tertiary/aromatic N) is 3. The first-order valence-corrected chi connectivity index (χ1v) is 8.64. The fraction of sp³-hybridized carbons (Fsp3) is 0.389. The normalized spacial score (nSPS) is 16.9. The average molecular weight is 378 g/mol. The maximum Gasteiger partial charge on any atom is 0.257 e. The van der Waals surface area contributed by atoms with Crippen molar-refractivity contribution in [2.24, 2.45) is 0 Å². The van der Waals surface area contributed by atoms with Crippen LogP contribution in [0, 0.1) is 0 Å². The third-order valence-electron chi connectivity index (χ3n) is 4.14. The molecule has 0 saturated carbocycles. The monoisotopic (exact) mass is 377 g/mol. The van der Waals surface area contributed by atoms with Crippen molar-refractivity contribution in [3.05, 3.63) is 41.2 Å². The van der Waals surface area contributed by atoms with Crippen molar-refractivity contribution in [1.29, 1.82) is 0 Å². The predicted molar refractivity (Wildman–Crippen MR) is 96.1 cm³/mol. The number of aromatic nitrogens is 2. The Morgan fingerprint density at radius 3 is 2.81 bits per heavy atom. The van der Waals surface area contributed by atoms with Gasteiger partial charge >= 0.3 is 0 Å². The molecule has 2 aromatic rings. The molecule has 1 aromatic heterocycles. The molecule has 0 spiro atoms. The van der Waals surface area contributed by atoms with Crippen LogP contribution in [0.4, 0.5) is 0 Å². The highest BCUT2D eigenvalue weighted by atomic mass is 35.5. The lowest BCUT2D eigenvalue weighted by molar-refractivity contribution is 0.0522. The molecule has 7 nitrogen and oxygen atoms in total. The summed E-state index contributed by atoms with van der Waals surface area (Å²) in [6, 6.07) is 5.01. The van der Waals surface area contributed by atoms with E-state index < -0.39 is 0 Å². The molecule has 8 heteroatoms. The zero-order valence-corrected chi connectivity index (χ0v) is 15.4. The van der Waals surface area contributed by atoms with Gasteiger partial charge in [-0.25, -0.2) is 0 Å². The number of carbonyl (C=O) groups is 1. The molecule has 1 atom stereocenters. The topological polar surface area (TPSA) is 73.8 Å². The maximum absolute atomic E-state index is 12.9. The number of hydrogen-bond donors (Lipinski definition) is 0. The molecule has 1 saturated heterocycles. The molecule has 1 aliphatic heterocycles. The lowest BCUT2D eigenvalue weighted by atomic mass is 10.1. The molecule has 1 unspecified atom stereocenters. The zero-order valence-electron chi connectivity index (χ0n) is 14.6. The van der Waals surface area contributed by atoms with E-state index in [1.807, 2.05) is 0 Å². The van der Waals surface area contributed by atoms with E-state index in [0.29, 0.717) is 41.2 Å². The van der Waals surface area contributed by atoms with Crippen molar-refractivity contribution in [3.8, 4) is 17.5 Å². The molecule has 0 N–H and O–H groups in total. The number of ether oxygens (including phenoxy) is 3. The standard InChI is InChI=1S/C18H20ClN3O4/c1-24-15-6-5-12(19)8-14(15)18(23)22-7-3-4-13(11-22)26-17-10-20-9-16(21-17)25-2/h5-6,8-10,13H,3-4,7,11H2,1-2H3. The maximum atomic E-state index is 12.9. The molecule has 1 aliphatic rings. The summed E-state index contributed by atoms with van der Waals surface area (Å²) in [6.45, 7) is 1.10. The second-order valence-electron chi connectivity index (χ2n) is 5.88. The van der Waals surface area contributed by atoms with Crippen LogP contribution in [0.3, 0.4) is 0 Å². The molecular weight excluding hydrogens is 358 g/mol. The number of carbonyl (C=O) groups excluding carboxylic acids is 1. The second kappa shape index (κ2) is 8.23. The van der Waals surface area contributed by atoms with Gasteiger partial charge in [0, 0.05) is 11.6 Å². The van der Waals surface area contributed by atoms with Crippen LogP contribution in [0.25, 0.3) is 0 Å². The summed E-state index contributed by atoms with van der Waals surface area (Å²) < 4.78 is 16.2. The quantitative estimate of drug-likeness (QED) is 0.797. The van der Waals surface area contributed by atoms with Gasteiger partial charge in [-0.1, -0.05) is 11.6 Å². The van der Waals surface area contributed by atoms with E-state index >= 15 is 0 Å². The second-order valence-corrected chi connectivity index (χ2v) is 6.31. The molecule has 0 aliphatic carbocycles. The van der Waals surface area contributed by atoms with Gasteiger partial charge in [0.25, 0.3) is 5.91 Å². The molecule has 2 heterocycles. The number of likely N-dealkylation sites (tertiary alicyclic amines) is 1. The van der Waals surface area contributed by atoms with Gasteiger partial charge in [-0.05, 0) is 31.0 Å². The zero-order chi connectivity index (χ0) is 18.5. The first kappa shape index (κ1) is 18.3. The average Bonchev–Trinajstić information content (AvgIpc) is 2.67. The predicted octanol–water partition coefficient (Wildman–Crippen LogP) is 2.83. The third-order valence-corrected chi connectivity index (χ3v) is 4.38. The smallest absolute Gasteiger partial charge is 0.257 e. The highest BCUT2D eigenvalue weighted by Gasteiger charge is 2.27. The number of halogens is 1. The Labute approximate surface area is 156 Å². The lowest BCUT2D eigenvalue weighted by Gasteiger charge is -2.33. The van der Waals surface area contributed by atoms with Crippen LogP contribution in [-0.4, -0.2) is 54.2 Å². The minimum Gasteiger partial charge on any atom is -0.496 e. The van der Waals surface area contributed by atoms with Gasteiger partial charge in [-0.15, -0.1) is 0 Å². The number of benzene rings is 1. The van der Waals surface area contributed by atoms with E-state index in [4.69, 9.17) is 25.8 Å². The van der Waals surface area contributed by atoms with Crippen molar-refractivity contribution in [1.82, 2.24) is 14.9 Å². The van der Waals surface area contributed by atoms with Crippen LogP contribution in [0.5, 0.6) is 17.5 Å². The van der Waals surface area contributed by atoms with Gasteiger partial charge in [-0.3, -0.25) is 9.78 Å². The van der Waals surface area contributed by atoms with Gasteiger partial charge in [0.1, 0.15) is 11.9 Å². The van der Waals surface area contributed by atoms with Gasteiger partial charge in [0.05, 0.1) is 38.7 Å². The summed E-state index contributed by atoms with van der Waals surface area (Å²) >= 11 is 6.04. The lowest BCUT2D eigenvalue weighted by Crippen LogP contribution is -2.44. The molecule has 0 radical (unpaired) electrons. The van der Waals surface area contributed by atoms with E-state index in [-0.39, 0.29) is 12.0 Å². The van der Waals surface area contributed by atoms with Crippen LogP contribution < -0.4 is 14.2 Å². The fourth-order valence-electron chi connectivity index (χ4n) is 2.89. The molecule has 1 aromatic carbocycles. The van der Waals surface area contributed by atoms with E-state index in [2.05, 4.69) is 9.97 Å². The Kier molecular flexibility index (Phi) is 5.78. The van der Waals surface area contributed by atoms with Crippen molar-refractivity contribution in [2.75, 3.05) is 27.3 Å². The molecule has 1 amide bonds. The van der Waals surface area contributed by atoms with Crippen LogP contribution >= 0.6 is 11.6 Å². The number of hydrogen-bond acceptors (Lipinski definition) is 6. The Morgan fingerprint density at radius 1 is 1.23 bits per heavy atom. The van der Waals surface area contributed by atoms with E-state index in [9.17, 15) is 4.79 Å². The van der Waals surface area contributed by atoms with Crippen LogP contribution in [0.1, 0.15) is 23.2 Å². The SMILES string of the molecule is COc1cncc(OC2CCCN(C(=O)c3cc(Cl)ccc3OC)C2)n1. The summed E-state index contributed by atoms with van der Waals surface area (Å²) in [5, 5.41) is 0.491.